The molecule has 0 spiro atoms. The van der Waals surface area contributed by atoms with Crippen LogP contribution in [0.5, 0.6) is 0 Å². The van der Waals surface area contributed by atoms with Crippen LogP contribution in [0.1, 0.15) is 18.9 Å². The Morgan fingerprint density at radius 3 is 2.53 bits per heavy atom. The van der Waals surface area contributed by atoms with Crippen molar-refractivity contribution in [2.75, 3.05) is 7.11 Å². The van der Waals surface area contributed by atoms with Crippen LogP contribution in [0.15, 0.2) is 35.7 Å². The molecule has 5 nitrogen and oxygen atoms in total. The second kappa shape index (κ2) is 7.06. The zero-order valence-corrected chi connectivity index (χ0v) is 11.6. The lowest BCUT2D eigenvalue weighted by Crippen LogP contribution is -2.18. The minimum Gasteiger partial charge on any atom is -0.469 e. The third-order valence-electron chi connectivity index (χ3n) is 2.21. The summed E-state index contributed by atoms with van der Waals surface area (Å²) in [6, 6.07) is 8.97. The molecule has 0 fully saturated rings. The van der Waals surface area contributed by atoms with Crippen molar-refractivity contribution >= 4 is 22.2 Å². The number of carbonyl (C=O) groups is 1. The Kier molecular flexibility index (Phi) is 5.72. The number of rotatable bonds is 6. The Hall–Kier alpha value is -1.66. The summed E-state index contributed by atoms with van der Waals surface area (Å²) in [5.41, 5.74) is 0.746. The fraction of sp³-hybridized carbons (Fsp3) is 0.308. The molecule has 1 rings (SSSR count). The van der Waals surface area contributed by atoms with E-state index in [4.69, 9.17) is 4.18 Å². The fourth-order valence-electron chi connectivity index (χ4n) is 1.34. The van der Waals surface area contributed by atoms with Crippen LogP contribution in [0.25, 0.3) is 6.08 Å². The number of hydrogen-bond donors (Lipinski definition) is 0. The summed E-state index contributed by atoms with van der Waals surface area (Å²) < 4.78 is 32.5. The molecule has 1 unspecified atom stereocenters. The molecule has 6 heteroatoms. The van der Waals surface area contributed by atoms with Crippen LogP contribution in [-0.4, -0.2) is 27.6 Å². The molecule has 0 saturated carbocycles. The zero-order chi connectivity index (χ0) is 14.3. The van der Waals surface area contributed by atoms with Crippen LogP contribution in [0, 0.1) is 0 Å². The first kappa shape index (κ1) is 15.4. The lowest BCUT2D eigenvalue weighted by Gasteiger charge is -2.09. The van der Waals surface area contributed by atoms with E-state index in [-0.39, 0.29) is 6.42 Å². The maximum absolute atomic E-state index is 11.6. The van der Waals surface area contributed by atoms with E-state index in [1.165, 1.54) is 20.1 Å². The molecule has 0 radical (unpaired) electrons. The Bertz CT molecular complexity index is 533. The maximum atomic E-state index is 11.6. The van der Waals surface area contributed by atoms with E-state index in [0.29, 0.717) is 0 Å². The Morgan fingerprint density at radius 1 is 1.32 bits per heavy atom. The second-order valence-electron chi connectivity index (χ2n) is 3.89. The van der Waals surface area contributed by atoms with Gasteiger partial charge in [0, 0.05) is 0 Å². The highest BCUT2D eigenvalue weighted by atomic mass is 32.2. The summed E-state index contributed by atoms with van der Waals surface area (Å²) in [4.78, 5) is 11.0. The summed E-state index contributed by atoms with van der Waals surface area (Å²) >= 11 is 0. The van der Waals surface area contributed by atoms with Crippen molar-refractivity contribution in [3.8, 4) is 0 Å². The molecule has 0 aromatic heterocycles. The van der Waals surface area contributed by atoms with Crippen molar-refractivity contribution in [2.45, 2.75) is 19.4 Å². The van der Waals surface area contributed by atoms with E-state index in [9.17, 15) is 13.2 Å². The average Bonchev–Trinajstić information content (AvgIpc) is 2.37. The second-order valence-corrected chi connectivity index (χ2v) is 5.34. The standard InChI is InChI=1S/C13H16O5S/c1-11(10-13(14)17-2)18-19(15,16)9-8-12-6-4-3-5-7-12/h3-9,11H,10H2,1-2H3/b9-8+. The zero-order valence-electron chi connectivity index (χ0n) is 10.8. The number of benzene rings is 1. The molecule has 0 heterocycles. The lowest BCUT2D eigenvalue weighted by atomic mass is 10.2. The van der Waals surface area contributed by atoms with Gasteiger partial charge in [-0.2, -0.15) is 8.42 Å². The first-order chi connectivity index (χ1) is 8.93. The normalized spacial score (nSPS) is 13.4. The van der Waals surface area contributed by atoms with Gasteiger partial charge in [-0.25, -0.2) is 0 Å². The van der Waals surface area contributed by atoms with Gasteiger partial charge in [0.1, 0.15) is 0 Å². The van der Waals surface area contributed by atoms with Gasteiger partial charge in [0.15, 0.2) is 0 Å². The van der Waals surface area contributed by atoms with Crippen molar-refractivity contribution < 1.29 is 22.1 Å². The van der Waals surface area contributed by atoms with E-state index in [2.05, 4.69) is 4.74 Å². The quantitative estimate of drug-likeness (QED) is 0.590. The van der Waals surface area contributed by atoms with Crippen molar-refractivity contribution in [3.63, 3.8) is 0 Å². The van der Waals surface area contributed by atoms with Gasteiger partial charge in [-0.1, -0.05) is 30.3 Å². The smallest absolute Gasteiger partial charge is 0.308 e. The molecule has 1 atom stereocenters. The van der Waals surface area contributed by atoms with E-state index in [1.807, 2.05) is 6.07 Å². The Morgan fingerprint density at radius 2 is 1.95 bits per heavy atom. The molecule has 0 amide bonds. The first-order valence-electron chi connectivity index (χ1n) is 5.66. The fourth-order valence-corrected chi connectivity index (χ4v) is 2.25. The van der Waals surface area contributed by atoms with Gasteiger partial charge in [0.2, 0.25) is 0 Å². The van der Waals surface area contributed by atoms with Crippen molar-refractivity contribution in [3.05, 3.63) is 41.3 Å². The third kappa shape index (κ3) is 6.17. The van der Waals surface area contributed by atoms with Gasteiger partial charge in [0.05, 0.1) is 25.0 Å². The monoisotopic (exact) mass is 284 g/mol. The number of carbonyl (C=O) groups excluding carboxylic acids is 1. The molecule has 0 saturated heterocycles. The summed E-state index contributed by atoms with van der Waals surface area (Å²) in [7, 11) is -2.59. The predicted molar refractivity (Wildman–Crippen MR) is 71.6 cm³/mol. The Balaban J connectivity index is 2.62. The predicted octanol–water partition coefficient (Wildman–Crippen LogP) is 1.96. The number of ether oxygens (including phenoxy) is 1. The maximum Gasteiger partial charge on any atom is 0.308 e. The van der Waals surface area contributed by atoms with Crippen LogP contribution in [0.2, 0.25) is 0 Å². The Labute approximate surface area is 113 Å². The molecule has 0 aliphatic heterocycles. The molecule has 0 aliphatic rings. The summed E-state index contributed by atoms with van der Waals surface area (Å²) in [5, 5.41) is 0.968. The van der Waals surface area contributed by atoms with Crippen molar-refractivity contribution in [1.29, 1.82) is 0 Å². The largest absolute Gasteiger partial charge is 0.469 e. The number of esters is 1. The number of hydrogen-bond acceptors (Lipinski definition) is 5. The number of methoxy groups -OCH3 is 1. The molecular formula is C13H16O5S. The molecular weight excluding hydrogens is 268 g/mol. The molecule has 0 bridgehead atoms. The van der Waals surface area contributed by atoms with Crippen molar-refractivity contribution in [1.82, 2.24) is 0 Å². The van der Waals surface area contributed by atoms with Crippen LogP contribution in [0.4, 0.5) is 0 Å². The van der Waals surface area contributed by atoms with Crippen LogP contribution in [-0.2, 0) is 23.8 Å². The van der Waals surface area contributed by atoms with Crippen LogP contribution in [0.3, 0.4) is 0 Å². The van der Waals surface area contributed by atoms with Crippen LogP contribution < -0.4 is 0 Å². The van der Waals surface area contributed by atoms with E-state index in [0.717, 1.165) is 11.0 Å². The highest BCUT2D eigenvalue weighted by Gasteiger charge is 2.16. The molecule has 19 heavy (non-hydrogen) atoms. The highest BCUT2D eigenvalue weighted by molar-refractivity contribution is 7.89. The summed E-state index contributed by atoms with van der Waals surface area (Å²) in [6.45, 7) is 1.49. The third-order valence-corrected chi connectivity index (χ3v) is 3.27. The SMILES string of the molecule is COC(=O)CC(C)OS(=O)(=O)/C=C/c1ccccc1. The van der Waals surface area contributed by atoms with Gasteiger partial charge in [0.25, 0.3) is 10.1 Å². The molecule has 0 aliphatic carbocycles. The van der Waals surface area contributed by atoms with E-state index >= 15 is 0 Å². The van der Waals surface area contributed by atoms with Gasteiger partial charge < -0.3 is 4.74 Å². The molecule has 1 aromatic rings. The first-order valence-corrected chi connectivity index (χ1v) is 7.13. The van der Waals surface area contributed by atoms with Gasteiger partial charge in [-0.3, -0.25) is 8.98 Å². The van der Waals surface area contributed by atoms with Crippen LogP contribution >= 0.6 is 0 Å². The lowest BCUT2D eigenvalue weighted by molar-refractivity contribution is -0.142. The van der Waals surface area contributed by atoms with Gasteiger partial charge in [-0.05, 0) is 18.6 Å². The van der Waals surface area contributed by atoms with Crippen molar-refractivity contribution in [2.24, 2.45) is 0 Å². The van der Waals surface area contributed by atoms with E-state index < -0.39 is 22.2 Å². The molecule has 0 N–H and O–H groups in total. The topological polar surface area (TPSA) is 69.7 Å². The molecule has 104 valence electrons. The van der Waals surface area contributed by atoms with Gasteiger partial charge in [-0.15, -0.1) is 0 Å². The summed E-state index contributed by atoms with van der Waals surface area (Å²) in [5.74, 6) is -0.519. The van der Waals surface area contributed by atoms with E-state index in [1.54, 1.807) is 24.3 Å². The average molecular weight is 284 g/mol. The summed E-state index contributed by atoms with van der Waals surface area (Å²) in [6.07, 6.45) is 0.549. The minimum atomic E-state index is -3.82. The molecule has 1 aromatic carbocycles. The highest BCUT2D eigenvalue weighted by Crippen LogP contribution is 2.09. The van der Waals surface area contributed by atoms with Gasteiger partial charge >= 0.3 is 5.97 Å². The minimum absolute atomic E-state index is 0.116.